The minimum atomic E-state index is 0.747. The van der Waals surface area contributed by atoms with Gasteiger partial charge < -0.3 is 15.0 Å². The lowest BCUT2D eigenvalue weighted by molar-refractivity contribution is 0.415. The van der Waals surface area contributed by atoms with E-state index in [4.69, 9.17) is 9.72 Å². The van der Waals surface area contributed by atoms with Gasteiger partial charge in [0.2, 0.25) is 0 Å². The summed E-state index contributed by atoms with van der Waals surface area (Å²) in [5.74, 6) is 1.99. The summed E-state index contributed by atoms with van der Waals surface area (Å²) < 4.78 is 5.32. The van der Waals surface area contributed by atoms with E-state index in [1.807, 2.05) is 18.2 Å². The zero-order valence-corrected chi connectivity index (χ0v) is 15.2. The summed E-state index contributed by atoms with van der Waals surface area (Å²) in [7, 11) is 1.70. The summed E-state index contributed by atoms with van der Waals surface area (Å²) in [6.45, 7) is 2.94. The molecule has 0 unspecified atom stereocenters. The number of hydrogen-bond acceptors (Lipinski definition) is 4. The van der Waals surface area contributed by atoms with Crippen molar-refractivity contribution in [2.45, 2.75) is 25.8 Å². The lowest BCUT2D eigenvalue weighted by Crippen LogP contribution is -2.31. The van der Waals surface area contributed by atoms with E-state index in [0.29, 0.717) is 0 Å². The van der Waals surface area contributed by atoms with Crippen molar-refractivity contribution in [2.75, 3.05) is 30.4 Å². The molecule has 4 rings (SSSR count). The summed E-state index contributed by atoms with van der Waals surface area (Å²) in [6.07, 6.45) is 3.82. The highest BCUT2D eigenvalue weighted by molar-refractivity contribution is 5.82. The molecule has 0 aliphatic carbocycles. The topological polar surface area (TPSA) is 37.4 Å². The Morgan fingerprint density at radius 2 is 1.85 bits per heavy atom. The Kier molecular flexibility index (Phi) is 4.91. The Morgan fingerprint density at radius 1 is 1.00 bits per heavy atom. The quantitative estimate of drug-likeness (QED) is 0.716. The van der Waals surface area contributed by atoms with Crippen molar-refractivity contribution in [1.29, 1.82) is 0 Å². The van der Waals surface area contributed by atoms with Gasteiger partial charge in [-0.2, -0.15) is 0 Å². The Morgan fingerprint density at radius 3 is 2.69 bits per heavy atom. The number of methoxy groups -OCH3 is 1. The average Bonchev–Trinajstić information content (AvgIpc) is 2.72. The molecule has 0 radical (unpaired) electrons. The Hall–Kier alpha value is -2.75. The van der Waals surface area contributed by atoms with E-state index in [1.54, 1.807) is 7.11 Å². The molecular formula is C22H25N3O. The van der Waals surface area contributed by atoms with Crippen LogP contribution in [0.4, 0.5) is 11.5 Å². The first-order chi connectivity index (χ1) is 12.8. The number of benzene rings is 2. The molecule has 1 fully saturated rings. The largest absolute Gasteiger partial charge is 0.497 e. The second kappa shape index (κ2) is 7.65. The van der Waals surface area contributed by atoms with Crippen molar-refractivity contribution in [2.24, 2.45) is 0 Å². The molecule has 0 amide bonds. The highest BCUT2D eigenvalue weighted by atomic mass is 16.5. The van der Waals surface area contributed by atoms with Gasteiger partial charge in [0, 0.05) is 42.3 Å². The number of nitrogens with zero attached hydrogens (tertiary/aromatic N) is 2. The molecule has 1 aliphatic rings. The molecule has 0 spiro atoms. The van der Waals surface area contributed by atoms with Gasteiger partial charge in [0.25, 0.3) is 0 Å². The first kappa shape index (κ1) is 16.7. The normalized spacial score (nSPS) is 14.4. The fourth-order valence-electron chi connectivity index (χ4n) is 3.59. The van der Waals surface area contributed by atoms with Crippen LogP contribution < -0.4 is 15.0 Å². The van der Waals surface area contributed by atoms with Gasteiger partial charge in [0.05, 0.1) is 12.6 Å². The minimum Gasteiger partial charge on any atom is -0.497 e. The molecule has 4 nitrogen and oxygen atoms in total. The van der Waals surface area contributed by atoms with Crippen LogP contribution in [0.25, 0.3) is 10.9 Å². The zero-order valence-electron chi connectivity index (χ0n) is 15.2. The Labute approximate surface area is 154 Å². The van der Waals surface area contributed by atoms with Crippen molar-refractivity contribution >= 4 is 22.4 Å². The fraction of sp³-hybridized carbons (Fsp3) is 0.318. The number of hydrogen-bond donors (Lipinski definition) is 1. The van der Waals surface area contributed by atoms with Crippen molar-refractivity contribution in [3.05, 3.63) is 60.2 Å². The van der Waals surface area contributed by atoms with Gasteiger partial charge in [0.15, 0.2) is 0 Å². The molecular weight excluding hydrogens is 322 g/mol. The van der Waals surface area contributed by atoms with E-state index >= 15 is 0 Å². The molecule has 1 aromatic heterocycles. The maximum atomic E-state index is 5.32. The molecule has 134 valence electrons. The number of fused-ring (bicyclic) bond motifs is 1. The van der Waals surface area contributed by atoms with E-state index in [2.05, 4.69) is 46.6 Å². The third-order valence-corrected chi connectivity index (χ3v) is 4.99. The molecule has 0 saturated carbocycles. The van der Waals surface area contributed by atoms with Crippen LogP contribution in [0.15, 0.2) is 54.6 Å². The summed E-state index contributed by atoms with van der Waals surface area (Å²) >= 11 is 0. The number of para-hydroxylation sites is 1. The third kappa shape index (κ3) is 3.59. The maximum Gasteiger partial charge on any atom is 0.134 e. The zero-order chi connectivity index (χ0) is 17.8. The van der Waals surface area contributed by atoms with Crippen LogP contribution in [0.1, 0.15) is 24.8 Å². The maximum absolute atomic E-state index is 5.32. The summed E-state index contributed by atoms with van der Waals surface area (Å²) in [4.78, 5) is 7.45. The van der Waals surface area contributed by atoms with Gasteiger partial charge in [0.1, 0.15) is 11.6 Å². The summed E-state index contributed by atoms with van der Waals surface area (Å²) in [6, 6.07) is 18.7. The van der Waals surface area contributed by atoms with Crippen LogP contribution >= 0.6 is 0 Å². The molecule has 0 bridgehead atoms. The molecule has 0 atom stereocenters. The molecule has 1 saturated heterocycles. The number of piperidine rings is 1. The number of pyridine rings is 1. The van der Waals surface area contributed by atoms with Gasteiger partial charge in [-0.05, 0) is 43.5 Å². The van der Waals surface area contributed by atoms with Gasteiger partial charge in [-0.15, -0.1) is 0 Å². The van der Waals surface area contributed by atoms with E-state index in [1.165, 1.54) is 30.2 Å². The van der Waals surface area contributed by atoms with Gasteiger partial charge in [-0.25, -0.2) is 4.98 Å². The van der Waals surface area contributed by atoms with Crippen LogP contribution in [0.5, 0.6) is 5.75 Å². The van der Waals surface area contributed by atoms with E-state index in [-0.39, 0.29) is 0 Å². The SMILES string of the molecule is COc1cccc(NCc2cc3ccccc3nc2N2CCCCC2)c1. The first-order valence-electron chi connectivity index (χ1n) is 9.35. The Bertz CT molecular complexity index is 887. The van der Waals surface area contributed by atoms with E-state index in [9.17, 15) is 0 Å². The number of anilines is 2. The van der Waals surface area contributed by atoms with Crippen molar-refractivity contribution < 1.29 is 4.74 Å². The minimum absolute atomic E-state index is 0.747. The fourth-order valence-corrected chi connectivity index (χ4v) is 3.59. The summed E-state index contributed by atoms with van der Waals surface area (Å²) in [5, 5.41) is 4.72. The van der Waals surface area contributed by atoms with Gasteiger partial charge in [-0.1, -0.05) is 24.3 Å². The smallest absolute Gasteiger partial charge is 0.134 e. The van der Waals surface area contributed by atoms with Crippen molar-refractivity contribution in [3.8, 4) is 5.75 Å². The van der Waals surface area contributed by atoms with Gasteiger partial charge in [-0.3, -0.25) is 0 Å². The standard InChI is InChI=1S/C22H25N3O/c1-26-20-10-7-9-19(15-20)23-16-18-14-17-8-3-4-11-21(17)24-22(18)25-12-5-2-6-13-25/h3-4,7-11,14-15,23H,2,5-6,12-13,16H2,1H3. The number of aromatic nitrogens is 1. The van der Waals surface area contributed by atoms with Crippen LogP contribution in [0.3, 0.4) is 0 Å². The second-order valence-corrected chi connectivity index (χ2v) is 6.80. The molecule has 4 heteroatoms. The molecule has 2 heterocycles. The summed E-state index contributed by atoms with van der Waals surface area (Å²) in [5.41, 5.74) is 3.37. The predicted molar refractivity (Wildman–Crippen MR) is 108 cm³/mol. The lowest BCUT2D eigenvalue weighted by atomic mass is 10.1. The van der Waals surface area contributed by atoms with E-state index < -0.39 is 0 Å². The van der Waals surface area contributed by atoms with Gasteiger partial charge >= 0.3 is 0 Å². The molecule has 1 aliphatic heterocycles. The van der Waals surface area contributed by atoms with Crippen LogP contribution in [-0.4, -0.2) is 25.2 Å². The average molecular weight is 347 g/mol. The van der Waals surface area contributed by atoms with Crippen molar-refractivity contribution in [3.63, 3.8) is 0 Å². The number of nitrogens with one attached hydrogen (secondary N) is 1. The monoisotopic (exact) mass is 347 g/mol. The molecule has 1 N–H and O–H groups in total. The van der Waals surface area contributed by atoms with Crippen LogP contribution in [0.2, 0.25) is 0 Å². The Balaban J connectivity index is 1.64. The van der Waals surface area contributed by atoms with Crippen LogP contribution in [0, 0.1) is 0 Å². The molecule has 3 aromatic rings. The number of ether oxygens (including phenoxy) is 1. The lowest BCUT2D eigenvalue weighted by Gasteiger charge is -2.30. The highest BCUT2D eigenvalue weighted by Gasteiger charge is 2.17. The second-order valence-electron chi connectivity index (χ2n) is 6.80. The van der Waals surface area contributed by atoms with E-state index in [0.717, 1.165) is 42.4 Å². The predicted octanol–water partition coefficient (Wildman–Crippen LogP) is 4.85. The first-order valence-corrected chi connectivity index (χ1v) is 9.35. The molecule has 26 heavy (non-hydrogen) atoms. The third-order valence-electron chi connectivity index (χ3n) is 4.99. The molecule has 2 aromatic carbocycles. The van der Waals surface area contributed by atoms with Crippen molar-refractivity contribution in [1.82, 2.24) is 4.98 Å². The number of rotatable bonds is 5. The van der Waals surface area contributed by atoms with Crippen LogP contribution in [-0.2, 0) is 6.54 Å². The highest BCUT2D eigenvalue weighted by Crippen LogP contribution is 2.27.